The van der Waals surface area contributed by atoms with Gasteiger partial charge in [-0.1, -0.05) is 32.4 Å². The van der Waals surface area contributed by atoms with Crippen LogP contribution in [-0.2, 0) is 15.6 Å². The van der Waals surface area contributed by atoms with Gasteiger partial charge in [0.25, 0.3) is 5.97 Å². The van der Waals surface area contributed by atoms with Gasteiger partial charge in [0, 0.05) is 23.5 Å². The first-order valence-electron chi connectivity index (χ1n) is 12.3. The maximum absolute atomic E-state index is 14.6. The quantitative estimate of drug-likeness (QED) is 0.319. The highest BCUT2D eigenvalue weighted by molar-refractivity contribution is 5.30. The second kappa shape index (κ2) is 10.3. The van der Waals surface area contributed by atoms with Gasteiger partial charge in [0.05, 0.1) is 18.8 Å². The minimum Gasteiger partial charge on any atom is -0.429 e. The predicted molar refractivity (Wildman–Crippen MR) is 122 cm³/mol. The van der Waals surface area contributed by atoms with Crippen LogP contribution in [0.4, 0.5) is 22.0 Å². The lowest BCUT2D eigenvalue weighted by molar-refractivity contribution is -0.427. The van der Waals surface area contributed by atoms with E-state index in [-0.39, 0.29) is 17.3 Å². The molecule has 1 aliphatic carbocycles. The fourth-order valence-electron chi connectivity index (χ4n) is 5.16. The van der Waals surface area contributed by atoms with E-state index in [1.54, 1.807) is 12.1 Å². The molecule has 0 amide bonds. The predicted octanol–water partition coefficient (Wildman–Crippen LogP) is 7.01. The summed E-state index contributed by atoms with van der Waals surface area (Å²) < 4.78 is 85.0. The van der Waals surface area contributed by atoms with Crippen molar-refractivity contribution in [2.24, 2.45) is 11.3 Å². The van der Waals surface area contributed by atoms with Gasteiger partial charge >= 0.3 is 6.11 Å². The number of aliphatic hydroxyl groups is 1. The van der Waals surface area contributed by atoms with Crippen molar-refractivity contribution in [2.75, 3.05) is 13.2 Å². The zero-order valence-corrected chi connectivity index (χ0v) is 20.3. The van der Waals surface area contributed by atoms with Crippen molar-refractivity contribution in [3.63, 3.8) is 0 Å². The number of alkyl halides is 2. The van der Waals surface area contributed by atoms with Crippen molar-refractivity contribution in [3.8, 4) is 5.75 Å². The minimum atomic E-state index is -3.88. The summed E-state index contributed by atoms with van der Waals surface area (Å²) in [6.45, 7) is 5.06. The van der Waals surface area contributed by atoms with Gasteiger partial charge in [0.2, 0.25) is 0 Å². The molecule has 1 heterocycles. The minimum absolute atomic E-state index is 0.106. The summed E-state index contributed by atoms with van der Waals surface area (Å²) in [5.74, 6) is -7.46. The van der Waals surface area contributed by atoms with E-state index in [9.17, 15) is 27.1 Å². The van der Waals surface area contributed by atoms with Crippen molar-refractivity contribution in [1.29, 1.82) is 0 Å². The second-order valence-electron chi connectivity index (χ2n) is 10.3. The monoisotopic (exact) mass is 514 g/mol. The lowest BCUT2D eigenvalue weighted by Gasteiger charge is -2.46. The molecule has 0 atom stereocenters. The number of rotatable bonds is 7. The maximum atomic E-state index is 14.6. The molecule has 198 valence electrons. The molecule has 36 heavy (non-hydrogen) atoms. The smallest absolute Gasteiger partial charge is 0.426 e. The van der Waals surface area contributed by atoms with Crippen LogP contribution >= 0.6 is 0 Å². The first-order valence-corrected chi connectivity index (χ1v) is 12.3. The summed E-state index contributed by atoms with van der Waals surface area (Å²) >= 11 is 0. The van der Waals surface area contributed by atoms with Crippen LogP contribution in [0.15, 0.2) is 36.4 Å². The zero-order valence-electron chi connectivity index (χ0n) is 20.3. The van der Waals surface area contributed by atoms with E-state index in [1.165, 1.54) is 12.1 Å². The van der Waals surface area contributed by atoms with Gasteiger partial charge in [-0.2, -0.15) is 8.78 Å². The third kappa shape index (κ3) is 5.68. The highest BCUT2D eigenvalue weighted by Gasteiger charge is 2.47. The lowest BCUT2D eigenvalue weighted by Crippen LogP contribution is -2.53. The van der Waals surface area contributed by atoms with Gasteiger partial charge < -0.3 is 19.3 Å². The maximum Gasteiger partial charge on any atom is 0.426 e. The molecule has 2 aromatic carbocycles. The summed E-state index contributed by atoms with van der Waals surface area (Å²) in [7, 11) is 0. The average Bonchev–Trinajstić information content (AvgIpc) is 2.85. The molecule has 2 aliphatic rings. The Kier molecular flexibility index (Phi) is 7.65. The third-order valence-corrected chi connectivity index (χ3v) is 7.27. The van der Waals surface area contributed by atoms with E-state index < -0.39 is 40.8 Å². The van der Waals surface area contributed by atoms with E-state index in [1.807, 2.05) is 0 Å². The summed E-state index contributed by atoms with van der Waals surface area (Å²) in [5, 5.41) is 10.9. The van der Waals surface area contributed by atoms with Gasteiger partial charge in [-0.05, 0) is 55.7 Å². The molecule has 4 rings (SSSR count). The second-order valence-corrected chi connectivity index (χ2v) is 10.3. The van der Waals surface area contributed by atoms with Crippen molar-refractivity contribution in [2.45, 2.75) is 70.4 Å². The van der Waals surface area contributed by atoms with E-state index in [0.29, 0.717) is 38.2 Å². The lowest BCUT2D eigenvalue weighted by atomic mass is 9.77. The van der Waals surface area contributed by atoms with Gasteiger partial charge in [0.15, 0.2) is 17.5 Å². The molecule has 2 aromatic rings. The first kappa shape index (κ1) is 26.8. The van der Waals surface area contributed by atoms with Crippen molar-refractivity contribution in [3.05, 3.63) is 65.0 Å². The van der Waals surface area contributed by atoms with Crippen LogP contribution < -0.4 is 4.74 Å². The Hall–Kier alpha value is -2.23. The van der Waals surface area contributed by atoms with E-state index in [0.717, 1.165) is 31.2 Å². The molecule has 0 spiro atoms. The Balaban J connectivity index is 1.35. The third-order valence-electron chi connectivity index (χ3n) is 7.27. The van der Waals surface area contributed by atoms with E-state index >= 15 is 0 Å². The Bertz CT molecular complexity index is 1020. The normalized spacial score (nSPS) is 29.2. The molecule has 9 heteroatoms. The molecule has 0 radical (unpaired) electrons. The molecule has 4 nitrogen and oxygen atoms in total. The number of halogens is 5. The summed E-state index contributed by atoms with van der Waals surface area (Å²) in [4.78, 5) is 0. The van der Waals surface area contributed by atoms with Crippen LogP contribution in [-0.4, -0.2) is 24.3 Å². The summed E-state index contributed by atoms with van der Waals surface area (Å²) in [6.07, 6.45) is 0.861. The van der Waals surface area contributed by atoms with Crippen molar-refractivity contribution in [1.82, 2.24) is 0 Å². The van der Waals surface area contributed by atoms with E-state index in [2.05, 4.69) is 18.6 Å². The fraction of sp³-hybridized carbons (Fsp3) is 0.556. The van der Waals surface area contributed by atoms with Crippen molar-refractivity contribution < 1.29 is 41.3 Å². The molecular weight excluding hydrogens is 483 g/mol. The number of hydrogen-bond donors (Lipinski definition) is 1. The van der Waals surface area contributed by atoms with E-state index in [4.69, 9.17) is 9.47 Å². The SMILES string of the molecule is CCCC1(C)COC(O)(C2CCC(c3ccc(C(F)(F)Oc4cc(F)c(F)c(F)c4)cc3)CC2)OC1. The Morgan fingerprint density at radius 1 is 0.972 bits per heavy atom. The topological polar surface area (TPSA) is 47.9 Å². The highest BCUT2D eigenvalue weighted by atomic mass is 19.3. The van der Waals surface area contributed by atoms with Gasteiger partial charge in [0.1, 0.15) is 5.75 Å². The van der Waals surface area contributed by atoms with Crippen LogP contribution in [0.5, 0.6) is 5.75 Å². The summed E-state index contributed by atoms with van der Waals surface area (Å²) in [5.41, 5.74) is 0.253. The van der Waals surface area contributed by atoms with Crippen molar-refractivity contribution >= 4 is 0 Å². The number of ether oxygens (including phenoxy) is 3. The Labute approximate surface area is 207 Å². The molecule has 0 aromatic heterocycles. The van der Waals surface area contributed by atoms with Gasteiger partial charge in [-0.3, -0.25) is 0 Å². The van der Waals surface area contributed by atoms with Gasteiger partial charge in [-0.15, -0.1) is 0 Å². The summed E-state index contributed by atoms with van der Waals surface area (Å²) in [6, 6.07) is 6.29. The number of hydrogen-bond acceptors (Lipinski definition) is 4. The Morgan fingerprint density at radius 2 is 1.53 bits per heavy atom. The molecular formula is C27H31F5O4. The fourth-order valence-corrected chi connectivity index (χ4v) is 5.16. The zero-order chi connectivity index (χ0) is 26.1. The first-order chi connectivity index (χ1) is 16.9. The largest absolute Gasteiger partial charge is 0.429 e. The molecule has 1 saturated heterocycles. The molecule has 1 aliphatic heterocycles. The van der Waals surface area contributed by atoms with Crippen LogP contribution in [0.2, 0.25) is 0 Å². The van der Waals surface area contributed by atoms with Gasteiger partial charge in [-0.25, -0.2) is 13.2 Å². The van der Waals surface area contributed by atoms with Crippen LogP contribution in [0.3, 0.4) is 0 Å². The molecule has 2 fully saturated rings. The standard InChI is InChI=1S/C27H31F5O4/c1-3-12-25(2)15-34-27(33,35-16-25)20-10-6-18(7-11-20)17-4-8-19(9-5-17)26(31,32)36-21-13-22(28)24(30)23(29)14-21/h4-5,8-9,13-14,18,20,33H,3,6-7,10-12,15-16H2,1-2H3. The number of benzene rings is 2. The molecule has 1 N–H and O–H groups in total. The molecule has 0 bridgehead atoms. The van der Waals surface area contributed by atoms with Crippen LogP contribution in [0.25, 0.3) is 0 Å². The average molecular weight is 515 g/mol. The molecule has 1 saturated carbocycles. The van der Waals surface area contributed by atoms with Crippen LogP contribution in [0, 0.1) is 28.8 Å². The van der Waals surface area contributed by atoms with Crippen LogP contribution in [0.1, 0.15) is 69.4 Å². The Morgan fingerprint density at radius 3 is 2.06 bits per heavy atom. The highest BCUT2D eigenvalue weighted by Crippen LogP contribution is 2.44. The molecule has 0 unspecified atom stereocenters.